The van der Waals surface area contributed by atoms with Crippen molar-refractivity contribution in [2.24, 2.45) is 0 Å². The number of rotatable bonds is 3. The van der Waals surface area contributed by atoms with E-state index in [0.29, 0.717) is 18.5 Å². The second kappa shape index (κ2) is 4.82. The van der Waals surface area contributed by atoms with Crippen molar-refractivity contribution in [2.45, 2.75) is 13.0 Å². The first-order valence-corrected chi connectivity index (χ1v) is 5.45. The Labute approximate surface area is 99.3 Å². The third-order valence-corrected chi connectivity index (χ3v) is 2.57. The van der Waals surface area contributed by atoms with Crippen molar-refractivity contribution >= 4 is 24.0 Å². The Balaban J connectivity index is 2.34. The Morgan fingerprint density at radius 1 is 1.47 bits per heavy atom. The average Bonchev–Trinajstić information content (AvgIpc) is 2.37. The van der Waals surface area contributed by atoms with Gasteiger partial charge in [0.2, 0.25) is 0 Å². The lowest BCUT2D eigenvalue weighted by Crippen LogP contribution is -2.35. The van der Waals surface area contributed by atoms with E-state index in [1.165, 1.54) is 0 Å². The molecule has 2 rings (SSSR count). The molecule has 0 aromatic heterocycles. The number of benzene rings is 1. The van der Waals surface area contributed by atoms with Crippen LogP contribution in [0.4, 0.5) is 5.69 Å². The molecular formula is C13H13NO3. The van der Waals surface area contributed by atoms with Gasteiger partial charge in [0.05, 0.1) is 6.61 Å². The van der Waals surface area contributed by atoms with E-state index in [4.69, 9.17) is 4.74 Å². The predicted molar refractivity (Wildman–Crippen MR) is 64.5 cm³/mol. The van der Waals surface area contributed by atoms with Gasteiger partial charge in [0.25, 0.3) is 0 Å². The Kier molecular flexibility index (Phi) is 3.23. The van der Waals surface area contributed by atoms with Gasteiger partial charge >= 0.3 is 5.97 Å². The van der Waals surface area contributed by atoms with E-state index in [2.05, 4.69) is 5.32 Å². The summed E-state index contributed by atoms with van der Waals surface area (Å²) in [6, 6.07) is 6.78. The van der Waals surface area contributed by atoms with Gasteiger partial charge in [0.15, 0.2) is 6.04 Å². The van der Waals surface area contributed by atoms with Crippen LogP contribution < -0.4 is 5.32 Å². The minimum Gasteiger partial charge on any atom is -0.464 e. The summed E-state index contributed by atoms with van der Waals surface area (Å²) in [5.41, 5.74) is 2.12. The molecule has 1 N–H and O–H groups in total. The summed E-state index contributed by atoms with van der Waals surface area (Å²) in [5, 5.41) is 3.01. The van der Waals surface area contributed by atoms with E-state index < -0.39 is 12.0 Å². The Morgan fingerprint density at radius 2 is 2.24 bits per heavy atom. The quantitative estimate of drug-likeness (QED) is 0.634. The summed E-state index contributed by atoms with van der Waals surface area (Å²) in [6.45, 7) is 2.03. The van der Waals surface area contributed by atoms with Crippen molar-refractivity contribution < 1.29 is 14.3 Å². The molecule has 17 heavy (non-hydrogen) atoms. The monoisotopic (exact) mass is 231 g/mol. The van der Waals surface area contributed by atoms with E-state index >= 15 is 0 Å². The van der Waals surface area contributed by atoms with E-state index in [0.717, 1.165) is 11.3 Å². The zero-order chi connectivity index (χ0) is 12.3. The largest absolute Gasteiger partial charge is 0.464 e. The number of hydrogen-bond donors (Lipinski definition) is 1. The smallest absolute Gasteiger partial charge is 0.333 e. The van der Waals surface area contributed by atoms with Crippen molar-refractivity contribution in [3.05, 3.63) is 35.4 Å². The molecule has 0 amide bonds. The minimum atomic E-state index is -0.706. The van der Waals surface area contributed by atoms with Crippen molar-refractivity contribution in [3.8, 4) is 0 Å². The fraction of sp³-hybridized carbons (Fsp3) is 0.231. The van der Waals surface area contributed by atoms with Gasteiger partial charge in [-0.15, -0.1) is 0 Å². The standard InChI is InChI=1S/C13H13NO3/c1-2-17-13(16)12-10(8-15)7-9-5-3-4-6-11(9)14-12/h3-8,12,14H,2H2,1H3/t12-/m0/s1. The summed E-state index contributed by atoms with van der Waals surface area (Å²) in [7, 11) is 0. The van der Waals surface area contributed by atoms with E-state index in [1.54, 1.807) is 13.0 Å². The number of carbonyl (C=O) groups is 2. The lowest BCUT2D eigenvalue weighted by Gasteiger charge is -2.23. The Bertz CT molecular complexity index is 479. The maximum Gasteiger partial charge on any atom is 0.333 e. The van der Waals surface area contributed by atoms with E-state index in [1.807, 2.05) is 24.3 Å². The highest BCUT2D eigenvalue weighted by Crippen LogP contribution is 2.26. The van der Waals surface area contributed by atoms with Gasteiger partial charge in [-0.05, 0) is 24.6 Å². The normalized spacial score (nSPS) is 17.5. The van der Waals surface area contributed by atoms with Crippen LogP contribution in [-0.4, -0.2) is 24.9 Å². The van der Waals surface area contributed by atoms with Crippen molar-refractivity contribution in [3.63, 3.8) is 0 Å². The lowest BCUT2D eigenvalue weighted by atomic mass is 9.98. The molecule has 1 aromatic rings. The molecule has 0 spiro atoms. The first kappa shape index (κ1) is 11.4. The fourth-order valence-corrected chi connectivity index (χ4v) is 1.78. The molecule has 0 saturated heterocycles. The molecule has 0 aliphatic carbocycles. The predicted octanol–water partition coefficient (Wildman–Crippen LogP) is 1.63. The number of esters is 1. The number of aldehydes is 1. The highest BCUT2D eigenvalue weighted by Gasteiger charge is 2.27. The minimum absolute atomic E-state index is 0.296. The van der Waals surface area contributed by atoms with Gasteiger partial charge in [0.1, 0.15) is 6.29 Å². The molecule has 0 saturated carbocycles. The maximum atomic E-state index is 11.7. The SMILES string of the molecule is CCOC(=O)[C@H]1Nc2ccccc2C=C1C=O. The van der Waals surface area contributed by atoms with Crippen LogP contribution in [0, 0.1) is 0 Å². The fourth-order valence-electron chi connectivity index (χ4n) is 1.78. The maximum absolute atomic E-state index is 11.7. The second-order valence-electron chi connectivity index (χ2n) is 3.68. The summed E-state index contributed by atoms with van der Waals surface area (Å²) < 4.78 is 4.93. The van der Waals surface area contributed by atoms with Gasteiger partial charge in [-0.3, -0.25) is 4.79 Å². The van der Waals surface area contributed by atoms with Gasteiger partial charge in [0, 0.05) is 11.3 Å². The van der Waals surface area contributed by atoms with Crippen molar-refractivity contribution in [1.29, 1.82) is 0 Å². The third kappa shape index (κ3) is 2.20. The topological polar surface area (TPSA) is 55.4 Å². The molecule has 0 unspecified atom stereocenters. The number of ether oxygens (including phenoxy) is 1. The molecule has 1 aliphatic rings. The van der Waals surface area contributed by atoms with Crippen molar-refractivity contribution in [1.82, 2.24) is 0 Å². The Hall–Kier alpha value is -2.10. The van der Waals surface area contributed by atoms with Crippen molar-refractivity contribution in [2.75, 3.05) is 11.9 Å². The molecule has 0 bridgehead atoms. The number of nitrogens with one attached hydrogen (secondary N) is 1. The highest BCUT2D eigenvalue weighted by atomic mass is 16.5. The first-order valence-electron chi connectivity index (χ1n) is 5.45. The number of anilines is 1. The molecule has 1 atom stereocenters. The number of carbonyl (C=O) groups excluding carboxylic acids is 2. The van der Waals surface area contributed by atoms with Crippen LogP contribution in [0.3, 0.4) is 0 Å². The Morgan fingerprint density at radius 3 is 2.94 bits per heavy atom. The molecule has 4 nitrogen and oxygen atoms in total. The number of para-hydroxylation sites is 1. The molecule has 1 heterocycles. The lowest BCUT2D eigenvalue weighted by molar-refractivity contribution is -0.143. The molecule has 1 aliphatic heterocycles. The van der Waals surface area contributed by atoms with Crippen LogP contribution in [0.5, 0.6) is 0 Å². The highest BCUT2D eigenvalue weighted by molar-refractivity contribution is 5.99. The van der Waals surface area contributed by atoms with E-state index in [-0.39, 0.29) is 0 Å². The number of fused-ring (bicyclic) bond motifs is 1. The molecule has 1 aromatic carbocycles. The van der Waals surface area contributed by atoms with Gasteiger partial charge in [-0.2, -0.15) is 0 Å². The van der Waals surface area contributed by atoms with Crippen LogP contribution in [0.1, 0.15) is 12.5 Å². The van der Waals surface area contributed by atoms with Crippen LogP contribution in [0.15, 0.2) is 29.8 Å². The van der Waals surface area contributed by atoms with Gasteiger partial charge in [-0.25, -0.2) is 4.79 Å². The van der Waals surface area contributed by atoms with Gasteiger partial charge in [-0.1, -0.05) is 18.2 Å². The van der Waals surface area contributed by atoms with Crippen LogP contribution in [0.2, 0.25) is 0 Å². The second-order valence-corrected chi connectivity index (χ2v) is 3.68. The zero-order valence-corrected chi connectivity index (χ0v) is 9.47. The molecular weight excluding hydrogens is 218 g/mol. The molecule has 4 heteroatoms. The molecule has 88 valence electrons. The summed E-state index contributed by atoms with van der Waals surface area (Å²) in [5.74, 6) is -0.430. The summed E-state index contributed by atoms with van der Waals surface area (Å²) >= 11 is 0. The number of hydrogen-bond acceptors (Lipinski definition) is 4. The third-order valence-electron chi connectivity index (χ3n) is 2.57. The first-order chi connectivity index (χ1) is 8.26. The van der Waals surface area contributed by atoms with E-state index in [9.17, 15) is 9.59 Å². The average molecular weight is 231 g/mol. The molecule has 0 fully saturated rings. The van der Waals surface area contributed by atoms with Crippen LogP contribution in [0.25, 0.3) is 6.08 Å². The zero-order valence-electron chi connectivity index (χ0n) is 9.47. The molecule has 0 radical (unpaired) electrons. The van der Waals surface area contributed by atoms with Crippen LogP contribution in [-0.2, 0) is 14.3 Å². The summed E-state index contributed by atoms with van der Waals surface area (Å²) in [6.07, 6.45) is 2.39. The van der Waals surface area contributed by atoms with Crippen LogP contribution >= 0.6 is 0 Å². The van der Waals surface area contributed by atoms with Gasteiger partial charge < -0.3 is 10.1 Å². The summed E-state index contributed by atoms with van der Waals surface area (Å²) in [4.78, 5) is 22.7.